The Labute approximate surface area is 107 Å². The van der Waals surface area contributed by atoms with Gasteiger partial charge >= 0.3 is 5.97 Å². The number of carboxylic acids is 1. The number of hydrogen-bond donors (Lipinski definition) is 2. The summed E-state index contributed by atoms with van der Waals surface area (Å²) in [6.45, 7) is 5.49. The van der Waals surface area contributed by atoms with E-state index in [9.17, 15) is 4.79 Å². The van der Waals surface area contributed by atoms with Gasteiger partial charge in [0, 0.05) is 19.1 Å². The molecule has 2 unspecified atom stereocenters. The third-order valence-corrected chi connectivity index (χ3v) is 3.18. The second-order valence-corrected chi connectivity index (χ2v) is 5.08. The maximum atomic E-state index is 10.8. The summed E-state index contributed by atoms with van der Waals surface area (Å²) in [5, 5.41) is 12.2. The highest BCUT2D eigenvalue weighted by atomic mass is 16.4. The minimum atomic E-state index is -0.750. The van der Waals surface area contributed by atoms with Gasteiger partial charge in [0.2, 0.25) is 0 Å². The summed E-state index contributed by atoms with van der Waals surface area (Å²) in [4.78, 5) is 13.1. The largest absolute Gasteiger partial charge is 0.481 e. The van der Waals surface area contributed by atoms with Crippen molar-refractivity contribution >= 4 is 5.97 Å². The molecule has 0 aromatic carbocycles. The average Bonchev–Trinajstić information content (AvgIpc) is 2.71. The Morgan fingerprint density at radius 3 is 3.11 bits per heavy atom. The Morgan fingerprint density at radius 1 is 1.61 bits per heavy atom. The highest BCUT2D eigenvalue weighted by Crippen LogP contribution is 2.12. The van der Waals surface area contributed by atoms with E-state index in [1.165, 1.54) is 0 Å². The van der Waals surface area contributed by atoms with Crippen molar-refractivity contribution in [2.75, 3.05) is 19.6 Å². The fraction of sp³-hybridized carbons (Fsp3) is 0.615. The molecule has 1 aliphatic heterocycles. The lowest BCUT2D eigenvalue weighted by Crippen LogP contribution is -2.38. The molecule has 1 fully saturated rings. The number of hydrogen-bond acceptors (Lipinski definition) is 4. The van der Waals surface area contributed by atoms with Gasteiger partial charge in [-0.2, -0.15) is 0 Å². The van der Waals surface area contributed by atoms with Crippen LogP contribution >= 0.6 is 0 Å². The monoisotopic (exact) mass is 252 g/mol. The lowest BCUT2D eigenvalue weighted by molar-refractivity contribution is -0.137. The molecule has 100 valence electrons. The van der Waals surface area contributed by atoms with Crippen LogP contribution in [0.25, 0.3) is 0 Å². The molecule has 0 aliphatic carbocycles. The molecule has 2 N–H and O–H groups in total. The van der Waals surface area contributed by atoms with Gasteiger partial charge in [-0.3, -0.25) is 9.69 Å². The highest BCUT2D eigenvalue weighted by Gasteiger charge is 2.23. The molecule has 18 heavy (non-hydrogen) atoms. The van der Waals surface area contributed by atoms with Crippen LogP contribution in [-0.4, -0.2) is 41.7 Å². The molecule has 1 saturated heterocycles. The summed E-state index contributed by atoms with van der Waals surface area (Å²) in [6, 6.07) is 3.85. The summed E-state index contributed by atoms with van der Waals surface area (Å²) in [5.74, 6) is 0.692. The van der Waals surface area contributed by atoms with Crippen molar-refractivity contribution in [2.24, 2.45) is 5.92 Å². The molecule has 2 rings (SSSR count). The van der Waals surface area contributed by atoms with Crippen molar-refractivity contribution in [3.05, 3.63) is 24.2 Å². The van der Waals surface area contributed by atoms with Crippen LogP contribution in [0.1, 0.15) is 19.1 Å². The third kappa shape index (κ3) is 3.85. The standard InChI is InChI=1S/C13H20N2O3/c1-10-6-14-11(5-13(16)17)8-15(7-10)9-12-3-2-4-18-12/h2-4,10-11,14H,5-9H2,1H3,(H,16,17). The van der Waals surface area contributed by atoms with E-state index >= 15 is 0 Å². The first-order chi connectivity index (χ1) is 8.63. The molecule has 0 spiro atoms. The Balaban J connectivity index is 1.96. The maximum absolute atomic E-state index is 10.8. The topological polar surface area (TPSA) is 65.7 Å². The minimum absolute atomic E-state index is 0.0161. The molecule has 0 radical (unpaired) electrons. The quantitative estimate of drug-likeness (QED) is 0.842. The molecule has 0 bridgehead atoms. The number of rotatable bonds is 4. The smallest absolute Gasteiger partial charge is 0.304 e. The zero-order valence-corrected chi connectivity index (χ0v) is 10.6. The SMILES string of the molecule is CC1CNC(CC(=O)O)CN(Cc2ccco2)C1. The second kappa shape index (κ2) is 6.02. The van der Waals surface area contributed by atoms with Crippen LogP contribution in [0.2, 0.25) is 0 Å². The lowest BCUT2D eigenvalue weighted by Gasteiger charge is -2.23. The van der Waals surface area contributed by atoms with Crippen LogP contribution in [0.15, 0.2) is 22.8 Å². The molecular weight excluding hydrogens is 232 g/mol. The predicted octanol–water partition coefficient (Wildman–Crippen LogP) is 1.16. The molecule has 5 heteroatoms. The fourth-order valence-electron chi connectivity index (χ4n) is 2.42. The molecule has 1 aliphatic rings. The number of carboxylic acid groups (broad SMARTS) is 1. The van der Waals surface area contributed by atoms with Gasteiger partial charge in [-0.05, 0) is 24.6 Å². The van der Waals surface area contributed by atoms with Gasteiger partial charge in [-0.1, -0.05) is 6.92 Å². The normalized spacial score (nSPS) is 25.8. The second-order valence-electron chi connectivity index (χ2n) is 5.08. The summed E-state index contributed by atoms with van der Waals surface area (Å²) >= 11 is 0. The van der Waals surface area contributed by atoms with Crippen LogP contribution in [0.4, 0.5) is 0 Å². The summed E-state index contributed by atoms with van der Waals surface area (Å²) < 4.78 is 5.35. The van der Waals surface area contributed by atoms with Crippen LogP contribution in [0.5, 0.6) is 0 Å². The van der Waals surface area contributed by atoms with Gasteiger partial charge in [0.25, 0.3) is 0 Å². The van der Waals surface area contributed by atoms with E-state index in [0.29, 0.717) is 5.92 Å². The number of nitrogens with one attached hydrogen (secondary N) is 1. The first kappa shape index (κ1) is 13.1. The van der Waals surface area contributed by atoms with E-state index < -0.39 is 5.97 Å². The number of furan rings is 1. The molecule has 5 nitrogen and oxygen atoms in total. The number of aliphatic carboxylic acids is 1. The average molecular weight is 252 g/mol. The highest BCUT2D eigenvalue weighted by molar-refractivity contribution is 5.67. The fourth-order valence-corrected chi connectivity index (χ4v) is 2.42. The van der Waals surface area contributed by atoms with Crippen LogP contribution in [0, 0.1) is 5.92 Å². The summed E-state index contributed by atoms with van der Waals surface area (Å²) in [7, 11) is 0. The van der Waals surface area contributed by atoms with Crippen LogP contribution in [-0.2, 0) is 11.3 Å². The van der Waals surface area contributed by atoms with Crippen molar-refractivity contribution in [3.63, 3.8) is 0 Å². The molecule has 0 saturated carbocycles. The van der Waals surface area contributed by atoms with Gasteiger partial charge in [-0.15, -0.1) is 0 Å². The van der Waals surface area contributed by atoms with Crippen molar-refractivity contribution in [3.8, 4) is 0 Å². The zero-order chi connectivity index (χ0) is 13.0. The third-order valence-electron chi connectivity index (χ3n) is 3.18. The van der Waals surface area contributed by atoms with Crippen LogP contribution in [0.3, 0.4) is 0 Å². The Hall–Kier alpha value is -1.33. The molecule has 2 heterocycles. The molecular formula is C13H20N2O3. The Morgan fingerprint density at radius 2 is 2.44 bits per heavy atom. The Bertz CT molecular complexity index is 378. The summed E-state index contributed by atoms with van der Waals surface area (Å²) in [5.41, 5.74) is 0. The maximum Gasteiger partial charge on any atom is 0.304 e. The first-order valence-electron chi connectivity index (χ1n) is 6.33. The van der Waals surface area contributed by atoms with Crippen LogP contribution < -0.4 is 5.32 Å². The molecule has 2 atom stereocenters. The van der Waals surface area contributed by atoms with E-state index in [4.69, 9.17) is 9.52 Å². The van der Waals surface area contributed by atoms with E-state index in [2.05, 4.69) is 17.1 Å². The van der Waals surface area contributed by atoms with Gasteiger partial charge in [-0.25, -0.2) is 0 Å². The molecule has 1 aromatic rings. The predicted molar refractivity (Wildman–Crippen MR) is 67.2 cm³/mol. The minimum Gasteiger partial charge on any atom is -0.481 e. The van der Waals surface area contributed by atoms with E-state index in [1.807, 2.05) is 12.1 Å². The zero-order valence-electron chi connectivity index (χ0n) is 10.6. The number of nitrogens with zero attached hydrogens (tertiary/aromatic N) is 1. The molecule has 1 aromatic heterocycles. The molecule has 0 amide bonds. The lowest BCUT2D eigenvalue weighted by atomic mass is 10.2. The van der Waals surface area contributed by atoms with Gasteiger partial charge in [0.15, 0.2) is 0 Å². The first-order valence-corrected chi connectivity index (χ1v) is 6.33. The van der Waals surface area contributed by atoms with E-state index in [-0.39, 0.29) is 12.5 Å². The van der Waals surface area contributed by atoms with Gasteiger partial charge in [0.05, 0.1) is 19.2 Å². The Kier molecular flexibility index (Phi) is 4.38. The van der Waals surface area contributed by atoms with Gasteiger partial charge in [0.1, 0.15) is 5.76 Å². The number of carbonyl (C=O) groups is 1. The van der Waals surface area contributed by atoms with E-state index in [0.717, 1.165) is 31.9 Å². The van der Waals surface area contributed by atoms with Crippen molar-refractivity contribution in [1.82, 2.24) is 10.2 Å². The van der Waals surface area contributed by atoms with E-state index in [1.54, 1.807) is 6.26 Å². The van der Waals surface area contributed by atoms with Crippen molar-refractivity contribution in [2.45, 2.75) is 25.9 Å². The van der Waals surface area contributed by atoms with Crippen molar-refractivity contribution in [1.29, 1.82) is 0 Å². The van der Waals surface area contributed by atoms with Crippen molar-refractivity contribution < 1.29 is 14.3 Å². The summed E-state index contributed by atoms with van der Waals surface area (Å²) in [6.07, 6.45) is 1.84. The van der Waals surface area contributed by atoms with Gasteiger partial charge < -0.3 is 14.8 Å².